The fourth-order valence-corrected chi connectivity index (χ4v) is 5.71. The Labute approximate surface area is 137 Å². The summed E-state index contributed by atoms with van der Waals surface area (Å²) in [5.41, 5.74) is -0.178. The summed E-state index contributed by atoms with van der Waals surface area (Å²) >= 11 is 3.54. The number of hydrogen-bond acceptors (Lipinski definition) is 3. The standard InChI is InChI=1S/C16H25BrO3S/c1-4-10-16(12-17,11-5-2)13-21(18,19)15-8-6-14(20-3)7-9-15/h6-9H,4-5,10-13H2,1-3H3. The van der Waals surface area contributed by atoms with Crippen LogP contribution in [0.4, 0.5) is 0 Å². The molecule has 5 heteroatoms. The molecule has 0 aromatic heterocycles. The van der Waals surface area contributed by atoms with Gasteiger partial charge in [-0.25, -0.2) is 8.42 Å². The molecule has 0 amide bonds. The second-order valence-corrected chi connectivity index (χ2v) is 8.12. The van der Waals surface area contributed by atoms with Gasteiger partial charge in [0.1, 0.15) is 5.75 Å². The van der Waals surface area contributed by atoms with E-state index < -0.39 is 9.84 Å². The molecular weight excluding hydrogens is 352 g/mol. The van der Waals surface area contributed by atoms with Crippen molar-refractivity contribution < 1.29 is 13.2 Å². The molecule has 0 saturated heterocycles. The van der Waals surface area contributed by atoms with E-state index >= 15 is 0 Å². The molecule has 3 nitrogen and oxygen atoms in total. The van der Waals surface area contributed by atoms with Gasteiger partial charge >= 0.3 is 0 Å². The molecule has 0 atom stereocenters. The predicted octanol–water partition coefficient (Wildman–Crippen LogP) is 4.45. The van der Waals surface area contributed by atoms with Crippen LogP contribution in [0.1, 0.15) is 39.5 Å². The fraction of sp³-hybridized carbons (Fsp3) is 0.625. The minimum Gasteiger partial charge on any atom is -0.497 e. The SMILES string of the molecule is CCCC(CBr)(CCC)CS(=O)(=O)c1ccc(OC)cc1. The maximum Gasteiger partial charge on any atom is 0.178 e. The lowest BCUT2D eigenvalue weighted by atomic mass is 9.83. The van der Waals surface area contributed by atoms with E-state index in [1.54, 1.807) is 31.4 Å². The van der Waals surface area contributed by atoms with Crippen LogP contribution in [0, 0.1) is 5.41 Å². The Morgan fingerprint density at radius 2 is 1.62 bits per heavy atom. The van der Waals surface area contributed by atoms with Crippen LogP contribution >= 0.6 is 15.9 Å². The molecule has 0 aliphatic carbocycles. The van der Waals surface area contributed by atoms with Crippen LogP contribution in [0.25, 0.3) is 0 Å². The third kappa shape index (κ3) is 4.99. The van der Waals surface area contributed by atoms with Crippen LogP contribution in [0.2, 0.25) is 0 Å². The van der Waals surface area contributed by atoms with E-state index in [-0.39, 0.29) is 11.2 Å². The first-order valence-corrected chi connectivity index (χ1v) is 10.1. The predicted molar refractivity (Wildman–Crippen MR) is 91.1 cm³/mol. The van der Waals surface area contributed by atoms with Gasteiger partial charge < -0.3 is 4.74 Å². The number of ether oxygens (including phenoxy) is 1. The fourth-order valence-electron chi connectivity index (χ4n) is 2.77. The van der Waals surface area contributed by atoms with Gasteiger partial charge in [0, 0.05) is 5.33 Å². The largest absolute Gasteiger partial charge is 0.497 e. The molecule has 1 rings (SSSR count). The van der Waals surface area contributed by atoms with Gasteiger partial charge in [0.2, 0.25) is 0 Å². The summed E-state index contributed by atoms with van der Waals surface area (Å²) in [7, 11) is -1.71. The second-order valence-electron chi connectivity index (χ2n) is 5.57. The molecule has 0 spiro atoms. The molecule has 0 heterocycles. The average Bonchev–Trinajstić information content (AvgIpc) is 2.47. The zero-order chi connectivity index (χ0) is 15.9. The molecule has 120 valence electrons. The van der Waals surface area contributed by atoms with Gasteiger partial charge in [0.05, 0.1) is 17.8 Å². The van der Waals surface area contributed by atoms with Crippen molar-refractivity contribution in [3.63, 3.8) is 0 Å². The maximum absolute atomic E-state index is 12.7. The van der Waals surface area contributed by atoms with Crippen molar-refractivity contribution in [2.45, 2.75) is 44.4 Å². The summed E-state index contributed by atoms with van der Waals surface area (Å²) in [5.74, 6) is 0.863. The number of benzene rings is 1. The van der Waals surface area contributed by atoms with Gasteiger partial charge in [-0.3, -0.25) is 0 Å². The topological polar surface area (TPSA) is 43.4 Å². The third-order valence-corrected chi connectivity index (χ3v) is 6.93. The quantitative estimate of drug-likeness (QED) is 0.597. The highest BCUT2D eigenvalue weighted by atomic mass is 79.9. The smallest absolute Gasteiger partial charge is 0.178 e. The first-order chi connectivity index (χ1) is 9.93. The van der Waals surface area contributed by atoms with E-state index in [0.717, 1.165) is 31.0 Å². The van der Waals surface area contributed by atoms with E-state index in [1.165, 1.54) is 0 Å². The highest BCUT2D eigenvalue weighted by molar-refractivity contribution is 9.09. The third-order valence-electron chi connectivity index (χ3n) is 3.76. The van der Waals surface area contributed by atoms with Crippen molar-refractivity contribution in [3.8, 4) is 5.75 Å². The zero-order valence-corrected chi connectivity index (χ0v) is 15.5. The van der Waals surface area contributed by atoms with Gasteiger partial charge in [-0.2, -0.15) is 0 Å². The second kappa shape index (κ2) is 8.18. The Morgan fingerprint density at radius 3 is 2.00 bits per heavy atom. The summed E-state index contributed by atoms with van der Waals surface area (Å²) in [5, 5.41) is 0.719. The van der Waals surface area contributed by atoms with Crippen molar-refractivity contribution in [1.82, 2.24) is 0 Å². The van der Waals surface area contributed by atoms with E-state index in [4.69, 9.17) is 4.74 Å². The first kappa shape index (κ1) is 18.5. The monoisotopic (exact) mass is 376 g/mol. The molecule has 1 aromatic rings. The average molecular weight is 377 g/mol. The number of methoxy groups -OCH3 is 1. The molecule has 0 unspecified atom stereocenters. The molecule has 0 aliphatic heterocycles. The molecule has 0 bridgehead atoms. The Morgan fingerprint density at radius 1 is 1.10 bits per heavy atom. The van der Waals surface area contributed by atoms with Crippen LogP contribution in [-0.2, 0) is 9.84 Å². The van der Waals surface area contributed by atoms with Gasteiger partial charge in [0.25, 0.3) is 0 Å². The molecule has 0 saturated carbocycles. The van der Waals surface area contributed by atoms with Crippen molar-refractivity contribution in [3.05, 3.63) is 24.3 Å². The lowest BCUT2D eigenvalue weighted by Crippen LogP contribution is -2.32. The lowest BCUT2D eigenvalue weighted by molar-refractivity contribution is 0.314. The van der Waals surface area contributed by atoms with Gasteiger partial charge in [0.15, 0.2) is 9.84 Å². The molecule has 0 radical (unpaired) electrons. The van der Waals surface area contributed by atoms with Gasteiger partial charge in [-0.15, -0.1) is 0 Å². The van der Waals surface area contributed by atoms with Crippen molar-refractivity contribution in [2.24, 2.45) is 5.41 Å². The zero-order valence-electron chi connectivity index (χ0n) is 13.1. The number of halogens is 1. The van der Waals surface area contributed by atoms with E-state index in [1.807, 2.05) is 0 Å². The van der Waals surface area contributed by atoms with Gasteiger partial charge in [-0.05, 0) is 42.5 Å². The Kier molecular flexibility index (Phi) is 7.21. The summed E-state index contributed by atoms with van der Waals surface area (Å²) in [6.45, 7) is 4.21. The highest BCUT2D eigenvalue weighted by Gasteiger charge is 2.33. The Hall–Kier alpha value is -0.550. The summed E-state index contributed by atoms with van der Waals surface area (Å²) in [6.07, 6.45) is 3.82. The van der Waals surface area contributed by atoms with Crippen molar-refractivity contribution in [1.29, 1.82) is 0 Å². The number of sulfone groups is 1. The summed E-state index contributed by atoms with van der Waals surface area (Å²) in [4.78, 5) is 0.376. The molecule has 0 N–H and O–H groups in total. The highest BCUT2D eigenvalue weighted by Crippen LogP contribution is 2.35. The minimum atomic E-state index is -3.28. The van der Waals surface area contributed by atoms with Crippen LogP contribution in [0.5, 0.6) is 5.75 Å². The van der Waals surface area contributed by atoms with Crippen LogP contribution in [-0.4, -0.2) is 26.6 Å². The van der Waals surface area contributed by atoms with Crippen molar-refractivity contribution >= 4 is 25.8 Å². The Balaban J connectivity index is 3.04. The number of hydrogen-bond donors (Lipinski definition) is 0. The molecule has 0 aliphatic rings. The molecular formula is C16H25BrO3S. The number of rotatable bonds is 9. The van der Waals surface area contributed by atoms with Crippen LogP contribution in [0.3, 0.4) is 0 Å². The molecule has 21 heavy (non-hydrogen) atoms. The normalized spacial score (nSPS) is 12.4. The minimum absolute atomic E-state index is 0.178. The van der Waals surface area contributed by atoms with Crippen LogP contribution < -0.4 is 4.74 Å². The maximum atomic E-state index is 12.7. The molecule has 0 fully saturated rings. The van der Waals surface area contributed by atoms with E-state index in [2.05, 4.69) is 29.8 Å². The lowest BCUT2D eigenvalue weighted by Gasteiger charge is -2.31. The Bertz CT molecular complexity index is 517. The first-order valence-electron chi connectivity index (χ1n) is 7.36. The van der Waals surface area contributed by atoms with Crippen molar-refractivity contribution in [2.75, 3.05) is 18.2 Å². The van der Waals surface area contributed by atoms with Gasteiger partial charge in [-0.1, -0.05) is 42.6 Å². The summed E-state index contributed by atoms with van der Waals surface area (Å²) < 4.78 is 30.5. The summed E-state index contributed by atoms with van der Waals surface area (Å²) in [6, 6.07) is 6.65. The number of alkyl halides is 1. The van der Waals surface area contributed by atoms with Crippen LogP contribution in [0.15, 0.2) is 29.2 Å². The molecule has 1 aromatic carbocycles. The van der Waals surface area contributed by atoms with E-state index in [0.29, 0.717) is 10.6 Å². The van der Waals surface area contributed by atoms with E-state index in [9.17, 15) is 8.42 Å².